The zero-order valence-electron chi connectivity index (χ0n) is 10.6. The Bertz CT molecular complexity index is 868. The number of thiazole rings is 1. The molecule has 0 spiro atoms. The summed E-state index contributed by atoms with van der Waals surface area (Å²) in [6.07, 6.45) is -4.74. The Hall–Kier alpha value is -2.73. The summed E-state index contributed by atoms with van der Waals surface area (Å²) >= 11 is 1.26. The molecule has 0 saturated carbocycles. The van der Waals surface area contributed by atoms with Crippen molar-refractivity contribution in [1.29, 1.82) is 0 Å². The van der Waals surface area contributed by atoms with E-state index in [0.29, 0.717) is 21.6 Å². The van der Waals surface area contributed by atoms with E-state index in [4.69, 9.17) is 6.57 Å². The number of alkyl halides is 3. The third kappa shape index (κ3) is 2.82. The minimum absolute atomic E-state index is 0.0395. The topological polar surface area (TPSA) is 52.3 Å². The fraction of sp³-hybridized carbons (Fsp3) is 0.0769. The van der Waals surface area contributed by atoms with Gasteiger partial charge in [0.05, 0.1) is 5.51 Å². The summed E-state index contributed by atoms with van der Waals surface area (Å²) in [5.41, 5.74) is 2.99. The van der Waals surface area contributed by atoms with Gasteiger partial charge in [-0.15, -0.1) is 29.7 Å². The first-order valence-corrected chi connectivity index (χ1v) is 6.69. The molecule has 1 aromatic carbocycles. The normalized spacial score (nSPS) is 11.4. The number of rotatable bonds is 2. The molecule has 0 unspecified atom stereocenters. The van der Waals surface area contributed by atoms with Crippen LogP contribution in [0.4, 0.5) is 19.1 Å². The quantitative estimate of drug-likeness (QED) is 0.663. The Labute approximate surface area is 125 Å². The number of fused-ring (bicyclic) bond motifs is 1. The molecule has 0 atom stereocenters. The van der Waals surface area contributed by atoms with Gasteiger partial charge < -0.3 is 9.58 Å². The highest BCUT2D eigenvalue weighted by molar-refractivity contribution is 7.16. The first-order chi connectivity index (χ1) is 10.5. The van der Waals surface area contributed by atoms with Gasteiger partial charge in [0.25, 0.3) is 0 Å². The van der Waals surface area contributed by atoms with Crippen LogP contribution in [0.2, 0.25) is 0 Å². The van der Waals surface area contributed by atoms with E-state index >= 15 is 0 Å². The number of aromatic nitrogens is 3. The van der Waals surface area contributed by atoms with Gasteiger partial charge >= 0.3 is 12.3 Å². The van der Waals surface area contributed by atoms with E-state index in [-0.39, 0.29) is 11.7 Å². The number of hydrogen-bond acceptors (Lipinski definition) is 5. The third-order valence-corrected chi connectivity index (χ3v) is 3.37. The van der Waals surface area contributed by atoms with Gasteiger partial charge in [-0.1, -0.05) is 11.3 Å². The molecule has 110 valence electrons. The van der Waals surface area contributed by atoms with Gasteiger partial charge in [0.1, 0.15) is 5.75 Å². The Morgan fingerprint density at radius 3 is 2.50 bits per heavy atom. The molecule has 2 aromatic heterocycles. The highest BCUT2D eigenvalue weighted by Gasteiger charge is 2.31. The monoisotopic (exact) mass is 322 g/mol. The fourth-order valence-corrected chi connectivity index (χ4v) is 2.47. The maximum Gasteiger partial charge on any atom is 0.573 e. The summed E-state index contributed by atoms with van der Waals surface area (Å²) in [6, 6.07) is 5.22. The van der Waals surface area contributed by atoms with Crippen LogP contribution in [-0.2, 0) is 0 Å². The maximum atomic E-state index is 12.1. The Morgan fingerprint density at radius 2 is 1.86 bits per heavy atom. The van der Waals surface area contributed by atoms with Crippen molar-refractivity contribution in [2.45, 2.75) is 6.36 Å². The van der Waals surface area contributed by atoms with E-state index in [1.165, 1.54) is 35.6 Å². The molecule has 2 heterocycles. The van der Waals surface area contributed by atoms with E-state index in [9.17, 15) is 13.2 Å². The smallest absolute Gasteiger partial charge is 0.406 e. The lowest BCUT2D eigenvalue weighted by Gasteiger charge is -2.08. The molecule has 0 radical (unpaired) electrons. The summed E-state index contributed by atoms with van der Waals surface area (Å²) < 4.78 is 40.3. The minimum Gasteiger partial charge on any atom is -0.406 e. The highest BCUT2D eigenvalue weighted by Crippen LogP contribution is 2.31. The highest BCUT2D eigenvalue weighted by atomic mass is 32.1. The molecule has 22 heavy (non-hydrogen) atoms. The summed E-state index contributed by atoms with van der Waals surface area (Å²) in [5, 5.41) is 0. The van der Waals surface area contributed by atoms with Crippen LogP contribution in [0.15, 0.2) is 29.8 Å². The summed E-state index contributed by atoms with van der Waals surface area (Å²) in [4.78, 5) is 16.0. The van der Waals surface area contributed by atoms with Gasteiger partial charge in [-0.05, 0) is 24.3 Å². The number of ether oxygens (including phenoxy) is 1. The molecule has 0 aliphatic rings. The van der Waals surface area contributed by atoms with Crippen molar-refractivity contribution in [2.75, 3.05) is 0 Å². The van der Waals surface area contributed by atoms with Crippen LogP contribution < -0.4 is 4.74 Å². The van der Waals surface area contributed by atoms with Crippen LogP contribution in [0, 0.1) is 6.57 Å². The lowest BCUT2D eigenvalue weighted by molar-refractivity contribution is -0.274. The minimum atomic E-state index is -4.74. The summed E-state index contributed by atoms with van der Waals surface area (Å²) in [7, 11) is 0. The van der Waals surface area contributed by atoms with Crippen LogP contribution in [0.1, 0.15) is 0 Å². The predicted octanol–water partition coefficient (Wildman–Crippen LogP) is 4.20. The number of nitrogens with zero attached hydrogens (tertiary/aromatic N) is 4. The average Bonchev–Trinajstić information content (AvgIpc) is 2.93. The van der Waals surface area contributed by atoms with E-state index in [1.54, 1.807) is 5.51 Å². The van der Waals surface area contributed by atoms with Gasteiger partial charge in [-0.2, -0.15) is 0 Å². The summed E-state index contributed by atoms with van der Waals surface area (Å²) in [6.45, 7) is 7.00. The Kier molecular flexibility index (Phi) is 3.38. The van der Waals surface area contributed by atoms with Crippen molar-refractivity contribution in [3.63, 3.8) is 0 Å². The van der Waals surface area contributed by atoms with Crippen LogP contribution >= 0.6 is 11.3 Å². The maximum absolute atomic E-state index is 12.1. The largest absolute Gasteiger partial charge is 0.573 e. The van der Waals surface area contributed by atoms with Gasteiger partial charge in [-0.25, -0.2) is 4.98 Å². The van der Waals surface area contributed by atoms with Crippen LogP contribution in [-0.4, -0.2) is 21.3 Å². The molecule has 5 nitrogen and oxygen atoms in total. The lowest BCUT2D eigenvalue weighted by atomic mass is 10.1. The van der Waals surface area contributed by atoms with Crippen molar-refractivity contribution in [2.24, 2.45) is 0 Å². The summed E-state index contributed by atoms with van der Waals surface area (Å²) in [5.74, 6) is -0.368. The van der Waals surface area contributed by atoms with Crippen molar-refractivity contribution < 1.29 is 17.9 Å². The van der Waals surface area contributed by atoms with Crippen molar-refractivity contribution in [3.05, 3.63) is 41.2 Å². The molecule has 0 aliphatic carbocycles. The van der Waals surface area contributed by atoms with Crippen molar-refractivity contribution in [1.82, 2.24) is 15.0 Å². The number of halogens is 3. The second-order valence-electron chi connectivity index (χ2n) is 4.06. The molecule has 0 bridgehead atoms. The molecule has 0 saturated heterocycles. The zero-order chi connectivity index (χ0) is 15.7. The molecule has 0 aliphatic heterocycles. The van der Waals surface area contributed by atoms with Crippen LogP contribution in [0.5, 0.6) is 5.75 Å². The Morgan fingerprint density at radius 1 is 1.14 bits per heavy atom. The average molecular weight is 322 g/mol. The fourth-order valence-electron chi connectivity index (χ4n) is 1.82. The molecular weight excluding hydrogens is 317 g/mol. The van der Waals surface area contributed by atoms with E-state index < -0.39 is 6.36 Å². The van der Waals surface area contributed by atoms with E-state index in [0.717, 1.165) is 0 Å². The molecule has 0 amide bonds. The van der Waals surface area contributed by atoms with Gasteiger partial charge in [-0.3, -0.25) is 0 Å². The Balaban J connectivity index is 2.04. The van der Waals surface area contributed by atoms with Crippen molar-refractivity contribution in [3.8, 4) is 17.0 Å². The number of hydrogen-bond donors (Lipinski definition) is 0. The first-order valence-electron chi connectivity index (χ1n) is 5.81. The first kappa shape index (κ1) is 14.2. The zero-order valence-corrected chi connectivity index (χ0v) is 11.4. The van der Waals surface area contributed by atoms with Gasteiger partial charge in [0.15, 0.2) is 11.2 Å². The predicted molar refractivity (Wildman–Crippen MR) is 73.6 cm³/mol. The standard InChI is InChI=1S/C13H5F3N4OS/c1-17-12-19-9(10-11(20-12)22-6-18-10)7-2-4-8(5-3-7)21-13(14,15)16/h2-6H. The lowest BCUT2D eigenvalue weighted by Crippen LogP contribution is -2.16. The molecule has 0 fully saturated rings. The second kappa shape index (κ2) is 5.23. The van der Waals surface area contributed by atoms with Crippen LogP contribution in [0.25, 0.3) is 26.4 Å². The molecule has 0 N–H and O–H groups in total. The molecule has 3 aromatic rings. The van der Waals surface area contributed by atoms with E-state index in [1.807, 2.05) is 0 Å². The third-order valence-electron chi connectivity index (χ3n) is 2.65. The van der Waals surface area contributed by atoms with Crippen LogP contribution in [0.3, 0.4) is 0 Å². The molecular formula is C13H5F3N4OS. The second-order valence-corrected chi connectivity index (χ2v) is 4.90. The number of benzene rings is 1. The van der Waals surface area contributed by atoms with Crippen molar-refractivity contribution >= 4 is 27.6 Å². The molecule has 3 rings (SSSR count). The van der Waals surface area contributed by atoms with Gasteiger partial charge in [0, 0.05) is 5.56 Å². The van der Waals surface area contributed by atoms with E-state index in [2.05, 4.69) is 24.5 Å². The SMILES string of the molecule is [C-]#[N+]c1nc(-c2ccc(OC(F)(F)F)cc2)c2ncsc2n1. The van der Waals surface area contributed by atoms with Gasteiger partial charge in [0.2, 0.25) is 4.83 Å². The molecule has 9 heteroatoms.